The quantitative estimate of drug-likeness (QED) is 0.436. The average Bonchev–Trinajstić information content (AvgIpc) is 2.65. The van der Waals surface area contributed by atoms with Gasteiger partial charge in [0, 0.05) is 0 Å². The molecular formula is C23H19ClF2. The lowest BCUT2D eigenvalue weighted by Gasteiger charge is -2.21. The minimum Gasteiger partial charge on any atom is -0.205 e. The smallest absolute Gasteiger partial charge is 0.145 e. The number of hydrogen-bond donors (Lipinski definition) is 0. The van der Waals surface area contributed by atoms with Crippen molar-refractivity contribution in [3.8, 4) is 22.3 Å². The van der Waals surface area contributed by atoms with E-state index >= 15 is 0 Å². The molecule has 0 unspecified atom stereocenters. The molecule has 1 aliphatic rings. The van der Waals surface area contributed by atoms with Crippen LogP contribution in [0.3, 0.4) is 0 Å². The highest BCUT2D eigenvalue weighted by atomic mass is 35.5. The molecule has 0 atom stereocenters. The van der Waals surface area contributed by atoms with Crippen LogP contribution in [0.1, 0.15) is 30.0 Å². The third kappa shape index (κ3) is 3.03. The summed E-state index contributed by atoms with van der Waals surface area (Å²) in [6, 6.07) is 15.3. The van der Waals surface area contributed by atoms with E-state index in [1.165, 1.54) is 39.9 Å². The van der Waals surface area contributed by atoms with Crippen molar-refractivity contribution in [2.75, 3.05) is 0 Å². The van der Waals surface area contributed by atoms with E-state index < -0.39 is 16.7 Å². The average molecular weight is 369 g/mol. The highest BCUT2D eigenvalue weighted by molar-refractivity contribution is 6.31. The Bertz CT molecular complexity index is 968. The molecule has 0 aromatic heterocycles. The van der Waals surface area contributed by atoms with E-state index in [9.17, 15) is 8.78 Å². The third-order valence-electron chi connectivity index (χ3n) is 5.08. The van der Waals surface area contributed by atoms with Crippen molar-refractivity contribution < 1.29 is 8.78 Å². The Morgan fingerprint density at radius 2 is 1.42 bits per heavy atom. The molecule has 0 saturated carbocycles. The van der Waals surface area contributed by atoms with E-state index in [1.807, 2.05) is 12.1 Å². The third-order valence-corrected chi connectivity index (χ3v) is 5.45. The lowest BCUT2D eigenvalue weighted by Crippen LogP contribution is -2.05. The van der Waals surface area contributed by atoms with Crippen LogP contribution in [-0.2, 0) is 19.3 Å². The van der Waals surface area contributed by atoms with Crippen LogP contribution < -0.4 is 0 Å². The van der Waals surface area contributed by atoms with Gasteiger partial charge in [0.25, 0.3) is 0 Å². The van der Waals surface area contributed by atoms with Gasteiger partial charge in [-0.05, 0) is 70.3 Å². The summed E-state index contributed by atoms with van der Waals surface area (Å²) in [6.45, 7) is 2.19. The molecule has 26 heavy (non-hydrogen) atoms. The zero-order valence-corrected chi connectivity index (χ0v) is 15.3. The van der Waals surface area contributed by atoms with Crippen LogP contribution in [0.5, 0.6) is 0 Å². The van der Waals surface area contributed by atoms with Crippen molar-refractivity contribution in [3.63, 3.8) is 0 Å². The molecule has 0 nitrogen and oxygen atoms in total. The fourth-order valence-electron chi connectivity index (χ4n) is 3.80. The first-order valence-corrected chi connectivity index (χ1v) is 9.34. The van der Waals surface area contributed by atoms with Gasteiger partial charge in [0.15, 0.2) is 0 Å². The number of aryl methyl sites for hydroxylation is 3. The van der Waals surface area contributed by atoms with Gasteiger partial charge in [-0.15, -0.1) is 0 Å². The molecule has 132 valence electrons. The van der Waals surface area contributed by atoms with Crippen LogP contribution in [0.2, 0.25) is 5.02 Å². The first kappa shape index (κ1) is 17.2. The summed E-state index contributed by atoms with van der Waals surface area (Å²) < 4.78 is 27.6. The van der Waals surface area contributed by atoms with E-state index in [0.29, 0.717) is 5.56 Å². The topological polar surface area (TPSA) is 0 Å². The molecule has 0 aliphatic heterocycles. The summed E-state index contributed by atoms with van der Waals surface area (Å²) in [5.41, 5.74) is 7.80. The van der Waals surface area contributed by atoms with Gasteiger partial charge in [-0.1, -0.05) is 61.3 Å². The lowest BCUT2D eigenvalue weighted by atomic mass is 9.83. The summed E-state index contributed by atoms with van der Waals surface area (Å²) in [5.74, 6) is -1.46. The van der Waals surface area contributed by atoms with Crippen molar-refractivity contribution in [2.24, 2.45) is 0 Å². The van der Waals surface area contributed by atoms with E-state index in [0.717, 1.165) is 31.2 Å². The Kier molecular flexibility index (Phi) is 4.54. The van der Waals surface area contributed by atoms with Gasteiger partial charge < -0.3 is 0 Å². The van der Waals surface area contributed by atoms with Crippen LogP contribution in [0.15, 0.2) is 48.5 Å². The Morgan fingerprint density at radius 1 is 0.808 bits per heavy atom. The van der Waals surface area contributed by atoms with Crippen LogP contribution in [0.25, 0.3) is 22.3 Å². The Balaban J connectivity index is 1.75. The number of rotatable bonds is 3. The van der Waals surface area contributed by atoms with Gasteiger partial charge in [-0.3, -0.25) is 0 Å². The van der Waals surface area contributed by atoms with Gasteiger partial charge in [0.2, 0.25) is 0 Å². The largest absolute Gasteiger partial charge is 0.205 e. The summed E-state index contributed by atoms with van der Waals surface area (Å²) in [4.78, 5) is 0. The fourth-order valence-corrected chi connectivity index (χ4v) is 3.90. The van der Waals surface area contributed by atoms with Crippen LogP contribution >= 0.6 is 11.6 Å². The Labute approximate surface area is 157 Å². The van der Waals surface area contributed by atoms with E-state index in [-0.39, 0.29) is 0 Å². The second-order valence-corrected chi connectivity index (χ2v) is 7.25. The van der Waals surface area contributed by atoms with Crippen molar-refractivity contribution in [1.29, 1.82) is 0 Å². The standard InChI is InChI=1S/C23H19ClF2/c1-2-3-14-4-8-19-16(10-14)5-6-17-11-15(7-9-20(17)19)18-12-21(25)23(24)22(26)13-18/h4,7-13H,2-3,5-6H2,1H3. The van der Waals surface area contributed by atoms with Gasteiger partial charge >= 0.3 is 0 Å². The normalized spacial score (nSPS) is 12.6. The van der Waals surface area contributed by atoms with E-state index in [1.54, 1.807) is 0 Å². The molecular weight excluding hydrogens is 350 g/mol. The second kappa shape index (κ2) is 6.85. The monoisotopic (exact) mass is 368 g/mol. The molecule has 0 saturated heterocycles. The molecule has 0 radical (unpaired) electrons. The van der Waals surface area contributed by atoms with Crippen molar-refractivity contribution in [1.82, 2.24) is 0 Å². The van der Waals surface area contributed by atoms with Crippen LogP contribution in [0, 0.1) is 11.6 Å². The molecule has 3 aromatic carbocycles. The van der Waals surface area contributed by atoms with E-state index in [4.69, 9.17) is 11.6 Å². The van der Waals surface area contributed by atoms with Crippen LogP contribution in [-0.4, -0.2) is 0 Å². The number of halogens is 3. The van der Waals surface area contributed by atoms with E-state index in [2.05, 4.69) is 31.2 Å². The molecule has 4 rings (SSSR count). The van der Waals surface area contributed by atoms with Gasteiger partial charge in [-0.2, -0.15) is 0 Å². The minimum atomic E-state index is -0.729. The molecule has 0 N–H and O–H groups in total. The Hall–Kier alpha value is -2.19. The zero-order chi connectivity index (χ0) is 18.3. The maximum absolute atomic E-state index is 13.8. The van der Waals surface area contributed by atoms with Crippen molar-refractivity contribution in [2.45, 2.75) is 32.6 Å². The van der Waals surface area contributed by atoms with Gasteiger partial charge in [-0.25, -0.2) is 8.78 Å². The summed E-state index contributed by atoms with van der Waals surface area (Å²) in [5, 5.41) is -0.455. The number of hydrogen-bond acceptors (Lipinski definition) is 0. The molecule has 0 fully saturated rings. The molecule has 0 spiro atoms. The predicted octanol–water partition coefficient (Wildman–Crippen LogP) is 7.00. The predicted molar refractivity (Wildman–Crippen MR) is 104 cm³/mol. The Morgan fingerprint density at radius 3 is 2.08 bits per heavy atom. The highest BCUT2D eigenvalue weighted by Gasteiger charge is 2.18. The molecule has 3 heteroatoms. The fraction of sp³-hybridized carbons (Fsp3) is 0.217. The first-order chi connectivity index (χ1) is 12.6. The second-order valence-electron chi connectivity index (χ2n) is 6.87. The maximum atomic E-state index is 13.8. The number of benzene rings is 3. The van der Waals surface area contributed by atoms with Gasteiger partial charge in [0.1, 0.15) is 16.7 Å². The SMILES string of the molecule is CCCc1ccc2c(c1)CCc1cc(-c3cc(F)c(Cl)c(F)c3)ccc1-2. The number of fused-ring (bicyclic) bond motifs is 3. The minimum absolute atomic E-state index is 0.455. The molecule has 1 aliphatic carbocycles. The summed E-state index contributed by atoms with van der Waals surface area (Å²) >= 11 is 5.59. The maximum Gasteiger partial charge on any atom is 0.145 e. The molecule has 0 heterocycles. The van der Waals surface area contributed by atoms with Crippen molar-refractivity contribution >= 4 is 11.6 Å². The zero-order valence-electron chi connectivity index (χ0n) is 14.6. The molecule has 3 aromatic rings. The summed E-state index contributed by atoms with van der Waals surface area (Å²) in [7, 11) is 0. The first-order valence-electron chi connectivity index (χ1n) is 8.97. The van der Waals surface area contributed by atoms with Crippen molar-refractivity contribution in [3.05, 3.63) is 81.9 Å². The molecule has 0 amide bonds. The van der Waals surface area contributed by atoms with Crippen LogP contribution in [0.4, 0.5) is 8.78 Å². The lowest BCUT2D eigenvalue weighted by molar-refractivity contribution is 0.585. The highest BCUT2D eigenvalue weighted by Crippen LogP contribution is 2.37. The van der Waals surface area contributed by atoms with Gasteiger partial charge in [0.05, 0.1) is 0 Å². The molecule has 0 bridgehead atoms. The summed E-state index contributed by atoms with van der Waals surface area (Å²) in [6.07, 6.45) is 4.18.